The molecule has 1 saturated heterocycles. The van der Waals surface area contributed by atoms with Crippen molar-refractivity contribution in [1.82, 2.24) is 10.2 Å². The largest absolute Gasteiger partial charge is 0.481 e. The lowest BCUT2D eigenvalue weighted by Crippen LogP contribution is -2.44. The highest BCUT2D eigenvalue weighted by Gasteiger charge is 2.34. The number of nitrogens with zero attached hydrogens (tertiary/aromatic N) is 1. The summed E-state index contributed by atoms with van der Waals surface area (Å²) in [5, 5.41) is 11.8. The summed E-state index contributed by atoms with van der Waals surface area (Å²) in [5.41, 5.74) is 0. The lowest BCUT2D eigenvalue weighted by atomic mass is 10.0. The number of hydrogen-bond acceptors (Lipinski definition) is 4. The van der Waals surface area contributed by atoms with Crippen LogP contribution in [-0.4, -0.2) is 61.3 Å². The van der Waals surface area contributed by atoms with Gasteiger partial charge in [0.25, 0.3) is 0 Å². The van der Waals surface area contributed by atoms with Gasteiger partial charge in [0.05, 0.1) is 19.1 Å². The molecule has 18 heavy (non-hydrogen) atoms. The second-order valence-corrected chi connectivity index (χ2v) is 4.57. The normalized spacial score (nSPS) is 23.0. The third-order valence-corrected chi connectivity index (χ3v) is 3.12. The number of rotatable bonds is 7. The van der Waals surface area contributed by atoms with E-state index in [1.165, 1.54) is 0 Å². The van der Waals surface area contributed by atoms with E-state index in [1.54, 1.807) is 11.9 Å². The van der Waals surface area contributed by atoms with Gasteiger partial charge in [0.2, 0.25) is 5.91 Å². The van der Waals surface area contributed by atoms with Crippen LogP contribution >= 0.6 is 0 Å². The van der Waals surface area contributed by atoms with Gasteiger partial charge in [0, 0.05) is 26.1 Å². The molecule has 0 aromatic rings. The van der Waals surface area contributed by atoms with Crippen LogP contribution in [0.2, 0.25) is 0 Å². The van der Waals surface area contributed by atoms with Crippen molar-refractivity contribution in [2.24, 2.45) is 5.92 Å². The number of carboxylic acid groups (broad SMARTS) is 1. The number of carbonyl (C=O) groups excluding carboxylic acids is 1. The first kappa shape index (κ1) is 14.9. The van der Waals surface area contributed by atoms with Crippen LogP contribution in [0.1, 0.15) is 19.8 Å². The van der Waals surface area contributed by atoms with E-state index in [1.807, 2.05) is 6.92 Å². The Morgan fingerprint density at radius 1 is 1.44 bits per heavy atom. The van der Waals surface area contributed by atoms with E-state index in [9.17, 15) is 9.59 Å². The maximum Gasteiger partial charge on any atom is 0.303 e. The van der Waals surface area contributed by atoms with Gasteiger partial charge in [-0.3, -0.25) is 9.59 Å². The molecule has 1 amide bonds. The molecule has 1 fully saturated rings. The zero-order valence-electron chi connectivity index (χ0n) is 11.0. The fourth-order valence-corrected chi connectivity index (χ4v) is 2.12. The highest BCUT2D eigenvalue weighted by atomic mass is 16.5. The molecule has 2 unspecified atom stereocenters. The summed E-state index contributed by atoms with van der Waals surface area (Å²) >= 11 is 0. The second kappa shape index (κ2) is 7.33. The maximum absolute atomic E-state index is 12.2. The molecule has 1 heterocycles. The summed E-state index contributed by atoms with van der Waals surface area (Å²) in [6.45, 7) is 4.28. The minimum absolute atomic E-state index is 0.0313. The molecule has 0 radical (unpaired) electrons. The van der Waals surface area contributed by atoms with Crippen LogP contribution in [-0.2, 0) is 14.3 Å². The molecular weight excluding hydrogens is 236 g/mol. The quantitative estimate of drug-likeness (QED) is 0.668. The van der Waals surface area contributed by atoms with Crippen LogP contribution in [0.15, 0.2) is 0 Å². The Bertz CT molecular complexity index is 296. The Morgan fingerprint density at radius 3 is 2.78 bits per heavy atom. The van der Waals surface area contributed by atoms with Crippen molar-refractivity contribution >= 4 is 11.9 Å². The number of hydrogen-bond donors (Lipinski definition) is 2. The predicted molar refractivity (Wildman–Crippen MR) is 66.3 cm³/mol. The van der Waals surface area contributed by atoms with Crippen molar-refractivity contribution in [2.75, 3.05) is 33.4 Å². The summed E-state index contributed by atoms with van der Waals surface area (Å²) in [6.07, 6.45) is 0.576. The summed E-state index contributed by atoms with van der Waals surface area (Å²) < 4.78 is 5.33. The molecule has 0 bridgehead atoms. The van der Waals surface area contributed by atoms with E-state index < -0.39 is 5.97 Å². The van der Waals surface area contributed by atoms with Crippen molar-refractivity contribution in [2.45, 2.75) is 25.8 Å². The molecule has 2 atom stereocenters. The van der Waals surface area contributed by atoms with Crippen molar-refractivity contribution < 1.29 is 19.4 Å². The molecule has 1 aliphatic heterocycles. The molecule has 0 aromatic carbocycles. The Hall–Kier alpha value is -1.14. The Labute approximate surface area is 107 Å². The van der Waals surface area contributed by atoms with E-state index in [2.05, 4.69) is 5.32 Å². The van der Waals surface area contributed by atoms with Gasteiger partial charge in [0.15, 0.2) is 0 Å². The summed E-state index contributed by atoms with van der Waals surface area (Å²) in [6, 6.07) is 0.0735. The number of likely N-dealkylation sites (N-methyl/N-ethyl adjacent to an activating group) is 1. The molecule has 6 nitrogen and oxygen atoms in total. The summed E-state index contributed by atoms with van der Waals surface area (Å²) in [7, 11) is 1.71. The summed E-state index contributed by atoms with van der Waals surface area (Å²) in [4.78, 5) is 24.2. The van der Waals surface area contributed by atoms with Crippen LogP contribution in [0.4, 0.5) is 0 Å². The molecule has 1 rings (SSSR count). The van der Waals surface area contributed by atoms with Crippen molar-refractivity contribution in [3.05, 3.63) is 0 Å². The number of aliphatic carboxylic acids is 1. The smallest absolute Gasteiger partial charge is 0.303 e. The van der Waals surface area contributed by atoms with Crippen LogP contribution in [0.5, 0.6) is 0 Å². The Morgan fingerprint density at radius 2 is 2.17 bits per heavy atom. The number of amides is 1. The van der Waals surface area contributed by atoms with E-state index in [0.29, 0.717) is 26.2 Å². The third kappa shape index (κ3) is 4.27. The first-order valence-corrected chi connectivity index (χ1v) is 6.34. The fourth-order valence-electron chi connectivity index (χ4n) is 2.12. The number of nitrogens with one attached hydrogen (secondary N) is 1. The molecule has 2 N–H and O–H groups in total. The minimum atomic E-state index is -0.828. The average molecular weight is 258 g/mol. The van der Waals surface area contributed by atoms with Crippen LogP contribution < -0.4 is 5.32 Å². The van der Waals surface area contributed by atoms with E-state index >= 15 is 0 Å². The average Bonchev–Trinajstić information content (AvgIpc) is 2.76. The van der Waals surface area contributed by atoms with Gasteiger partial charge >= 0.3 is 5.97 Å². The topological polar surface area (TPSA) is 78.9 Å². The van der Waals surface area contributed by atoms with Gasteiger partial charge in [-0.05, 0) is 13.0 Å². The van der Waals surface area contributed by atoms with Gasteiger partial charge in [-0.1, -0.05) is 6.92 Å². The second-order valence-electron chi connectivity index (χ2n) is 4.57. The zero-order valence-corrected chi connectivity index (χ0v) is 11.0. The number of carbonyl (C=O) groups is 2. The van der Waals surface area contributed by atoms with Gasteiger partial charge in [-0.2, -0.15) is 0 Å². The Kier molecular flexibility index (Phi) is 6.07. The van der Waals surface area contributed by atoms with Crippen LogP contribution in [0.25, 0.3) is 0 Å². The molecular formula is C12H22N2O4. The zero-order chi connectivity index (χ0) is 13.5. The first-order chi connectivity index (χ1) is 8.56. The van der Waals surface area contributed by atoms with Gasteiger partial charge < -0.3 is 20.1 Å². The Balaban J connectivity index is 2.39. The highest BCUT2D eigenvalue weighted by Crippen LogP contribution is 2.16. The van der Waals surface area contributed by atoms with E-state index in [-0.39, 0.29) is 24.3 Å². The SMILES string of the molecule is CCNC1COCC1C(=O)N(C)CCCC(=O)O. The highest BCUT2D eigenvalue weighted by molar-refractivity contribution is 5.79. The minimum Gasteiger partial charge on any atom is -0.481 e. The number of carboxylic acids is 1. The van der Waals surface area contributed by atoms with Crippen molar-refractivity contribution in [3.8, 4) is 0 Å². The monoisotopic (exact) mass is 258 g/mol. The number of ether oxygens (including phenoxy) is 1. The lowest BCUT2D eigenvalue weighted by Gasteiger charge is -2.24. The van der Waals surface area contributed by atoms with E-state index in [0.717, 1.165) is 6.54 Å². The lowest BCUT2D eigenvalue weighted by molar-refractivity contribution is -0.138. The molecule has 1 aliphatic rings. The van der Waals surface area contributed by atoms with Gasteiger partial charge in [-0.15, -0.1) is 0 Å². The van der Waals surface area contributed by atoms with Gasteiger partial charge in [0.1, 0.15) is 0 Å². The fraction of sp³-hybridized carbons (Fsp3) is 0.833. The first-order valence-electron chi connectivity index (χ1n) is 6.34. The summed E-state index contributed by atoms with van der Waals surface area (Å²) in [5.74, 6) is -0.950. The molecule has 0 aromatic heterocycles. The molecule has 6 heteroatoms. The van der Waals surface area contributed by atoms with Crippen molar-refractivity contribution in [3.63, 3.8) is 0 Å². The van der Waals surface area contributed by atoms with E-state index in [4.69, 9.17) is 9.84 Å². The standard InChI is InChI=1S/C12H22N2O4/c1-3-13-10-8-18-7-9(10)12(17)14(2)6-4-5-11(15)16/h9-10,13H,3-8H2,1-2H3,(H,15,16). The van der Waals surface area contributed by atoms with Crippen LogP contribution in [0, 0.1) is 5.92 Å². The van der Waals surface area contributed by atoms with Gasteiger partial charge in [-0.25, -0.2) is 0 Å². The molecule has 104 valence electrons. The predicted octanol–water partition coefficient (Wildman–Crippen LogP) is -0.0659. The molecule has 0 spiro atoms. The molecule has 0 aliphatic carbocycles. The van der Waals surface area contributed by atoms with Crippen molar-refractivity contribution in [1.29, 1.82) is 0 Å². The third-order valence-electron chi connectivity index (χ3n) is 3.12. The van der Waals surface area contributed by atoms with Crippen LogP contribution in [0.3, 0.4) is 0 Å². The maximum atomic E-state index is 12.2. The molecule has 0 saturated carbocycles.